The maximum atomic E-state index is 14.1. The van der Waals surface area contributed by atoms with E-state index in [1.807, 2.05) is 0 Å². The van der Waals surface area contributed by atoms with Gasteiger partial charge >= 0.3 is 0 Å². The van der Waals surface area contributed by atoms with Crippen LogP contribution in [-0.4, -0.2) is 52.3 Å². The summed E-state index contributed by atoms with van der Waals surface area (Å²) < 4.78 is 16.1. The van der Waals surface area contributed by atoms with E-state index in [4.69, 9.17) is 23.2 Å². The van der Waals surface area contributed by atoms with Gasteiger partial charge in [-0.05, 0) is 61.7 Å². The van der Waals surface area contributed by atoms with Crippen molar-refractivity contribution in [2.75, 3.05) is 36.4 Å². The van der Waals surface area contributed by atoms with Crippen LogP contribution < -0.4 is 15.8 Å². The van der Waals surface area contributed by atoms with Crippen LogP contribution in [0.5, 0.6) is 0 Å². The van der Waals surface area contributed by atoms with Gasteiger partial charge in [0.15, 0.2) is 0 Å². The van der Waals surface area contributed by atoms with E-state index in [1.54, 1.807) is 46.8 Å². The number of fused-ring (bicyclic) bond motifs is 1. The van der Waals surface area contributed by atoms with Crippen molar-refractivity contribution < 1.29 is 14.0 Å². The van der Waals surface area contributed by atoms with Crippen molar-refractivity contribution >= 4 is 46.5 Å². The molecule has 2 aromatic carbocycles. The van der Waals surface area contributed by atoms with Crippen LogP contribution in [0.25, 0.3) is 0 Å². The molecule has 1 saturated carbocycles. The molecular formula is C28H26Cl2FN5O3. The first-order valence-electron chi connectivity index (χ1n) is 12.8. The first-order chi connectivity index (χ1) is 18.7. The molecule has 1 unspecified atom stereocenters. The molecule has 0 radical (unpaired) electrons. The zero-order valence-electron chi connectivity index (χ0n) is 21.2. The minimum absolute atomic E-state index is 0.202. The lowest BCUT2D eigenvalue weighted by molar-refractivity contribution is -0.128. The standard InChI is InChI=1S/C28H26Cl2FN5O3/c1-16-25(28(39)34-12-10-33(11-13-34)20-7-5-19(31)6-8-20)26(18-4-9-21(29)22(30)14-18)35-23(32-16)15-24(37)36(35)27(38)17-2-3-17/h4-9,14-15,17,26,32H,2-3,10-13H2,1H3. The zero-order chi connectivity index (χ0) is 27.4. The number of nitrogens with one attached hydrogen (secondary N) is 1. The SMILES string of the molecule is CC1=C(C(=O)N2CCN(c3ccc(F)cc3)CC2)C(c2ccc(Cl)c(Cl)c2)n2c(cc(=O)n2C(=O)C2CC2)N1. The highest BCUT2D eigenvalue weighted by Gasteiger charge is 2.41. The van der Waals surface area contributed by atoms with Gasteiger partial charge < -0.3 is 15.1 Å². The number of nitrogens with zero attached hydrogens (tertiary/aromatic N) is 4. The van der Waals surface area contributed by atoms with Crippen LogP contribution in [0.15, 0.2) is 64.6 Å². The summed E-state index contributed by atoms with van der Waals surface area (Å²) in [6.07, 6.45) is 1.46. The summed E-state index contributed by atoms with van der Waals surface area (Å²) in [5, 5.41) is 3.85. The number of rotatable bonds is 4. The molecule has 2 aliphatic heterocycles. The van der Waals surface area contributed by atoms with Crippen LogP contribution in [0.4, 0.5) is 15.9 Å². The molecule has 3 heterocycles. The van der Waals surface area contributed by atoms with Crippen LogP contribution in [0.2, 0.25) is 10.0 Å². The van der Waals surface area contributed by atoms with Crippen molar-refractivity contribution in [1.82, 2.24) is 14.3 Å². The molecule has 0 spiro atoms. The summed E-state index contributed by atoms with van der Waals surface area (Å²) in [6, 6.07) is 12.0. The number of hydrogen-bond donors (Lipinski definition) is 1. The van der Waals surface area contributed by atoms with Gasteiger partial charge in [0, 0.05) is 49.5 Å². The highest BCUT2D eigenvalue weighted by molar-refractivity contribution is 6.42. The van der Waals surface area contributed by atoms with E-state index in [1.165, 1.54) is 18.2 Å². The lowest BCUT2D eigenvalue weighted by atomic mass is 9.94. The summed E-state index contributed by atoms with van der Waals surface area (Å²) in [4.78, 5) is 44.3. The molecule has 1 N–H and O–H groups in total. The Balaban J connectivity index is 1.37. The predicted octanol–water partition coefficient (Wildman–Crippen LogP) is 4.78. The van der Waals surface area contributed by atoms with Gasteiger partial charge in [-0.25, -0.2) is 9.07 Å². The second kappa shape index (κ2) is 9.88. The number of carbonyl (C=O) groups is 2. The van der Waals surface area contributed by atoms with Gasteiger partial charge in [-0.3, -0.25) is 14.4 Å². The molecule has 1 aromatic heterocycles. The molecule has 39 heavy (non-hydrogen) atoms. The van der Waals surface area contributed by atoms with Crippen molar-refractivity contribution in [2.45, 2.75) is 25.8 Å². The third-order valence-corrected chi connectivity index (χ3v) is 8.29. The van der Waals surface area contributed by atoms with Crippen LogP contribution in [0, 0.1) is 11.7 Å². The number of piperazine rings is 1. The minimum atomic E-state index is -0.774. The molecule has 1 aliphatic carbocycles. The summed E-state index contributed by atoms with van der Waals surface area (Å²) in [6.45, 7) is 3.85. The minimum Gasteiger partial charge on any atom is -0.368 e. The quantitative estimate of drug-likeness (QED) is 0.489. The Bertz CT molecular complexity index is 1570. The number of halogens is 3. The molecule has 3 aromatic rings. The fraction of sp³-hybridized carbons (Fsp3) is 0.321. The van der Waals surface area contributed by atoms with E-state index in [0.717, 1.165) is 23.2 Å². The van der Waals surface area contributed by atoms with Gasteiger partial charge in [0.1, 0.15) is 17.7 Å². The molecule has 202 valence electrons. The molecule has 1 saturated heterocycles. The Kier molecular flexibility index (Phi) is 6.51. The Morgan fingerprint density at radius 1 is 0.949 bits per heavy atom. The average Bonchev–Trinajstić information content (AvgIpc) is 3.72. The maximum absolute atomic E-state index is 14.1. The zero-order valence-corrected chi connectivity index (χ0v) is 22.7. The molecule has 6 rings (SSSR count). The maximum Gasteiger partial charge on any atom is 0.276 e. The topological polar surface area (TPSA) is 79.6 Å². The van der Waals surface area contributed by atoms with Gasteiger partial charge in [0.2, 0.25) is 0 Å². The number of aromatic nitrogens is 2. The van der Waals surface area contributed by atoms with Gasteiger partial charge in [0.05, 0.1) is 15.6 Å². The molecule has 8 nitrogen and oxygen atoms in total. The van der Waals surface area contributed by atoms with Crippen LogP contribution in [-0.2, 0) is 4.79 Å². The Morgan fingerprint density at radius 3 is 2.28 bits per heavy atom. The van der Waals surface area contributed by atoms with Gasteiger partial charge in [0.25, 0.3) is 17.4 Å². The lowest BCUT2D eigenvalue weighted by Crippen LogP contribution is -2.50. The van der Waals surface area contributed by atoms with Crippen LogP contribution >= 0.6 is 23.2 Å². The van der Waals surface area contributed by atoms with Crippen molar-refractivity contribution in [3.63, 3.8) is 0 Å². The monoisotopic (exact) mass is 569 g/mol. The molecule has 0 bridgehead atoms. The predicted molar refractivity (Wildman–Crippen MR) is 148 cm³/mol. The lowest BCUT2D eigenvalue weighted by Gasteiger charge is -2.39. The molecule has 11 heteroatoms. The number of hydrogen-bond acceptors (Lipinski definition) is 5. The Morgan fingerprint density at radius 2 is 1.64 bits per heavy atom. The second-order valence-corrected chi connectivity index (χ2v) is 10.9. The molecule has 3 aliphatic rings. The summed E-state index contributed by atoms with van der Waals surface area (Å²) in [7, 11) is 0. The van der Waals surface area contributed by atoms with Crippen LogP contribution in [0.3, 0.4) is 0 Å². The van der Waals surface area contributed by atoms with Crippen molar-refractivity contribution in [3.8, 4) is 0 Å². The fourth-order valence-corrected chi connectivity index (χ4v) is 5.68. The van der Waals surface area contributed by atoms with E-state index in [-0.39, 0.29) is 23.5 Å². The molecule has 1 amide bonds. The summed E-state index contributed by atoms with van der Waals surface area (Å²) >= 11 is 12.6. The van der Waals surface area contributed by atoms with Gasteiger partial charge in [-0.15, -0.1) is 0 Å². The number of carbonyl (C=O) groups excluding carboxylic acids is 2. The van der Waals surface area contributed by atoms with E-state index in [2.05, 4.69) is 10.2 Å². The van der Waals surface area contributed by atoms with E-state index in [0.29, 0.717) is 58.9 Å². The highest BCUT2D eigenvalue weighted by Crippen LogP contribution is 2.40. The summed E-state index contributed by atoms with van der Waals surface area (Å²) in [5.74, 6) is -0.553. The third kappa shape index (κ3) is 4.63. The number of allylic oxidation sites excluding steroid dienone is 1. The first-order valence-corrected chi connectivity index (χ1v) is 13.6. The second-order valence-electron chi connectivity index (χ2n) is 10.1. The fourth-order valence-electron chi connectivity index (χ4n) is 5.37. The normalized spacial score (nSPS) is 19.1. The first kappa shape index (κ1) is 25.7. The Labute approximate surface area is 234 Å². The molecular weight excluding hydrogens is 544 g/mol. The highest BCUT2D eigenvalue weighted by atomic mass is 35.5. The number of amides is 1. The smallest absolute Gasteiger partial charge is 0.276 e. The number of benzene rings is 2. The largest absolute Gasteiger partial charge is 0.368 e. The summed E-state index contributed by atoms with van der Waals surface area (Å²) in [5.41, 5.74) is 2.09. The van der Waals surface area contributed by atoms with Crippen molar-refractivity contribution in [1.29, 1.82) is 0 Å². The molecule has 1 atom stereocenters. The third-order valence-electron chi connectivity index (χ3n) is 7.55. The van der Waals surface area contributed by atoms with E-state index >= 15 is 0 Å². The van der Waals surface area contributed by atoms with Gasteiger partial charge in [-0.1, -0.05) is 29.3 Å². The Hall–Kier alpha value is -3.56. The molecule has 2 fully saturated rings. The van der Waals surface area contributed by atoms with E-state index < -0.39 is 11.6 Å². The van der Waals surface area contributed by atoms with Crippen LogP contribution in [0.1, 0.15) is 36.2 Å². The van der Waals surface area contributed by atoms with E-state index in [9.17, 15) is 18.8 Å². The van der Waals surface area contributed by atoms with Crippen molar-refractivity contribution in [2.24, 2.45) is 5.92 Å². The average molecular weight is 570 g/mol. The van der Waals surface area contributed by atoms with Gasteiger partial charge in [-0.2, -0.15) is 4.68 Å². The number of anilines is 2. The van der Waals surface area contributed by atoms with Crippen molar-refractivity contribution in [3.05, 3.63) is 91.6 Å².